The number of hydrogen-bond donors (Lipinski definition) is 2. The molecule has 0 aliphatic rings. The summed E-state index contributed by atoms with van der Waals surface area (Å²) >= 11 is 3.40. The number of phenols is 1. The average Bonchev–Trinajstić information content (AvgIpc) is 2.27. The molecular formula is C13H18BrNO2. The quantitative estimate of drug-likeness (QED) is 0.840. The number of carbonyl (C=O) groups is 1. The van der Waals surface area contributed by atoms with Gasteiger partial charge in [0.2, 0.25) is 0 Å². The van der Waals surface area contributed by atoms with Gasteiger partial charge in [-0.15, -0.1) is 0 Å². The van der Waals surface area contributed by atoms with E-state index in [1.165, 1.54) is 6.07 Å². The lowest BCUT2D eigenvalue weighted by Gasteiger charge is -2.19. The molecule has 0 saturated heterocycles. The Morgan fingerprint density at radius 3 is 2.65 bits per heavy atom. The Morgan fingerprint density at radius 1 is 1.47 bits per heavy atom. The molecule has 1 aromatic carbocycles. The van der Waals surface area contributed by atoms with Gasteiger partial charge in [0.25, 0.3) is 5.91 Å². The first kappa shape index (κ1) is 14.0. The van der Waals surface area contributed by atoms with Gasteiger partial charge in [-0.1, -0.05) is 22.9 Å². The highest BCUT2D eigenvalue weighted by atomic mass is 79.9. The van der Waals surface area contributed by atoms with Crippen LogP contribution in [-0.2, 0) is 0 Å². The Morgan fingerprint density at radius 2 is 2.12 bits per heavy atom. The van der Waals surface area contributed by atoms with Gasteiger partial charge in [-0.2, -0.15) is 0 Å². The molecule has 4 heteroatoms. The van der Waals surface area contributed by atoms with Crippen molar-refractivity contribution < 1.29 is 9.90 Å². The molecule has 2 atom stereocenters. The first-order valence-corrected chi connectivity index (χ1v) is 6.74. The molecule has 1 amide bonds. The van der Waals surface area contributed by atoms with E-state index in [2.05, 4.69) is 28.2 Å². The number of phenolic OH excluding ortho intramolecular Hbond substituents is 1. The second-order valence-corrected chi connectivity index (χ2v) is 5.04. The lowest BCUT2D eigenvalue weighted by molar-refractivity contribution is 0.0930. The summed E-state index contributed by atoms with van der Waals surface area (Å²) in [4.78, 5) is 12.0. The summed E-state index contributed by atoms with van der Waals surface area (Å²) < 4.78 is 0. The SMILES string of the molecule is Cc1cc(O)ccc1C(=O)NC(C)C(C)CBr. The molecule has 2 N–H and O–H groups in total. The van der Waals surface area contributed by atoms with Crippen molar-refractivity contribution >= 4 is 21.8 Å². The normalized spacial score (nSPS) is 14.1. The Balaban J connectivity index is 2.76. The van der Waals surface area contributed by atoms with E-state index in [1.54, 1.807) is 12.1 Å². The van der Waals surface area contributed by atoms with E-state index in [0.717, 1.165) is 10.9 Å². The lowest BCUT2D eigenvalue weighted by Crippen LogP contribution is -2.37. The molecule has 0 aliphatic heterocycles. The molecule has 0 saturated carbocycles. The van der Waals surface area contributed by atoms with Crippen molar-refractivity contribution in [2.24, 2.45) is 5.92 Å². The van der Waals surface area contributed by atoms with Crippen LogP contribution in [0.1, 0.15) is 29.8 Å². The number of halogens is 1. The number of alkyl halides is 1. The second-order valence-electron chi connectivity index (χ2n) is 4.39. The van der Waals surface area contributed by atoms with Crippen molar-refractivity contribution in [1.29, 1.82) is 0 Å². The smallest absolute Gasteiger partial charge is 0.251 e. The summed E-state index contributed by atoms with van der Waals surface area (Å²) in [6, 6.07) is 4.87. The van der Waals surface area contributed by atoms with E-state index in [4.69, 9.17) is 0 Å². The maximum absolute atomic E-state index is 12.0. The van der Waals surface area contributed by atoms with Crippen LogP contribution in [0.5, 0.6) is 5.75 Å². The molecule has 2 unspecified atom stereocenters. The number of benzene rings is 1. The van der Waals surface area contributed by atoms with Crippen LogP contribution >= 0.6 is 15.9 Å². The fraction of sp³-hybridized carbons (Fsp3) is 0.462. The molecule has 17 heavy (non-hydrogen) atoms. The largest absolute Gasteiger partial charge is 0.508 e. The van der Waals surface area contributed by atoms with Crippen LogP contribution in [0.2, 0.25) is 0 Å². The number of nitrogens with one attached hydrogen (secondary N) is 1. The van der Waals surface area contributed by atoms with Gasteiger partial charge in [0.05, 0.1) is 0 Å². The molecule has 0 heterocycles. The predicted molar refractivity (Wildman–Crippen MR) is 72.7 cm³/mol. The summed E-state index contributed by atoms with van der Waals surface area (Å²) in [5.41, 5.74) is 1.39. The van der Waals surface area contributed by atoms with Gasteiger partial charge < -0.3 is 10.4 Å². The van der Waals surface area contributed by atoms with Crippen LogP contribution in [0.4, 0.5) is 0 Å². The maximum atomic E-state index is 12.0. The van der Waals surface area contributed by atoms with Crippen LogP contribution in [0.15, 0.2) is 18.2 Å². The van der Waals surface area contributed by atoms with Gasteiger partial charge in [0.15, 0.2) is 0 Å². The zero-order chi connectivity index (χ0) is 13.0. The summed E-state index contributed by atoms with van der Waals surface area (Å²) in [6.07, 6.45) is 0. The van der Waals surface area contributed by atoms with E-state index in [9.17, 15) is 9.90 Å². The predicted octanol–water partition coefficient (Wildman–Crippen LogP) is 2.85. The highest BCUT2D eigenvalue weighted by molar-refractivity contribution is 9.09. The molecule has 0 radical (unpaired) electrons. The number of hydrogen-bond acceptors (Lipinski definition) is 2. The zero-order valence-corrected chi connectivity index (χ0v) is 11.9. The molecule has 3 nitrogen and oxygen atoms in total. The Bertz CT molecular complexity index is 406. The number of aromatic hydroxyl groups is 1. The minimum atomic E-state index is -0.0946. The van der Waals surface area contributed by atoms with Crippen molar-refractivity contribution in [2.45, 2.75) is 26.8 Å². The molecular weight excluding hydrogens is 282 g/mol. The van der Waals surface area contributed by atoms with Crippen molar-refractivity contribution in [3.05, 3.63) is 29.3 Å². The minimum Gasteiger partial charge on any atom is -0.508 e. The first-order valence-electron chi connectivity index (χ1n) is 5.62. The Kier molecular flexibility index (Phi) is 5.00. The van der Waals surface area contributed by atoms with Gasteiger partial charge in [0, 0.05) is 16.9 Å². The van der Waals surface area contributed by atoms with E-state index in [1.807, 2.05) is 13.8 Å². The van der Waals surface area contributed by atoms with Crippen molar-refractivity contribution in [2.75, 3.05) is 5.33 Å². The van der Waals surface area contributed by atoms with Crippen molar-refractivity contribution in [1.82, 2.24) is 5.32 Å². The third-order valence-electron chi connectivity index (χ3n) is 2.91. The number of carbonyl (C=O) groups excluding carboxylic acids is 1. The highest BCUT2D eigenvalue weighted by Crippen LogP contribution is 2.16. The van der Waals surface area contributed by atoms with Crippen LogP contribution in [-0.4, -0.2) is 22.4 Å². The molecule has 1 rings (SSSR count). The average molecular weight is 300 g/mol. The van der Waals surface area contributed by atoms with Crippen LogP contribution in [0.25, 0.3) is 0 Å². The third-order valence-corrected chi connectivity index (χ3v) is 3.93. The third kappa shape index (κ3) is 3.73. The lowest BCUT2D eigenvalue weighted by atomic mass is 10.0. The Labute approximate surface area is 110 Å². The van der Waals surface area contributed by atoms with Gasteiger partial charge in [0.1, 0.15) is 5.75 Å². The molecule has 1 aromatic rings. The maximum Gasteiger partial charge on any atom is 0.251 e. The van der Waals surface area contributed by atoms with Gasteiger partial charge in [-0.05, 0) is 43.5 Å². The molecule has 0 aliphatic carbocycles. The number of rotatable bonds is 4. The molecule has 0 bridgehead atoms. The van der Waals surface area contributed by atoms with Gasteiger partial charge in [-0.25, -0.2) is 0 Å². The molecule has 94 valence electrons. The molecule has 0 spiro atoms. The number of aryl methyl sites for hydroxylation is 1. The van der Waals surface area contributed by atoms with E-state index in [-0.39, 0.29) is 17.7 Å². The van der Waals surface area contributed by atoms with Gasteiger partial charge >= 0.3 is 0 Å². The number of amides is 1. The monoisotopic (exact) mass is 299 g/mol. The van der Waals surface area contributed by atoms with Crippen molar-refractivity contribution in [3.8, 4) is 5.75 Å². The molecule has 0 fully saturated rings. The molecule has 0 aromatic heterocycles. The minimum absolute atomic E-state index is 0.0946. The zero-order valence-electron chi connectivity index (χ0n) is 10.3. The Hall–Kier alpha value is -1.03. The summed E-state index contributed by atoms with van der Waals surface area (Å²) in [7, 11) is 0. The standard InChI is InChI=1S/C13H18BrNO2/c1-8-6-11(16)4-5-12(8)13(17)15-10(3)9(2)7-14/h4-6,9-10,16H,7H2,1-3H3,(H,15,17). The van der Waals surface area contributed by atoms with E-state index < -0.39 is 0 Å². The van der Waals surface area contributed by atoms with Gasteiger partial charge in [-0.3, -0.25) is 4.79 Å². The first-order chi connectivity index (χ1) is 7.95. The summed E-state index contributed by atoms with van der Waals surface area (Å²) in [5.74, 6) is 0.458. The van der Waals surface area contributed by atoms with Crippen LogP contribution in [0.3, 0.4) is 0 Å². The van der Waals surface area contributed by atoms with Crippen LogP contribution in [0, 0.1) is 12.8 Å². The second kappa shape index (κ2) is 6.05. The summed E-state index contributed by atoms with van der Waals surface area (Å²) in [5, 5.41) is 13.1. The van der Waals surface area contributed by atoms with Crippen LogP contribution < -0.4 is 5.32 Å². The highest BCUT2D eigenvalue weighted by Gasteiger charge is 2.16. The summed E-state index contributed by atoms with van der Waals surface area (Å²) in [6.45, 7) is 5.87. The van der Waals surface area contributed by atoms with Crippen molar-refractivity contribution in [3.63, 3.8) is 0 Å². The van der Waals surface area contributed by atoms with E-state index in [0.29, 0.717) is 11.5 Å². The topological polar surface area (TPSA) is 49.3 Å². The fourth-order valence-electron chi connectivity index (χ4n) is 1.46. The fourth-order valence-corrected chi connectivity index (χ4v) is 2.02. The van der Waals surface area contributed by atoms with E-state index >= 15 is 0 Å².